The van der Waals surface area contributed by atoms with Crippen molar-refractivity contribution in [2.24, 2.45) is 5.92 Å². The van der Waals surface area contributed by atoms with Gasteiger partial charge in [-0.25, -0.2) is 4.79 Å². The molecular weight excluding hydrogens is 333 g/mol. The second-order valence-electron chi connectivity index (χ2n) is 5.79. The average Bonchev–Trinajstić information content (AvgIpc) is 2.50. The van der Waals surface area contributed by atoms with E-state index >= 15 is 0 Å². The Morgan fingerprint density at radius 3 is 2.46 bits per heavy atom. The maximum absolute atomic E-state index is 11.9. The Morgan fingerprint density at radius 2 is 1.88 bits per heavy atom. The molecule has 0 aromatic heterocycles. The molecule has 0 aliphatic rings. The molecule has 0 radical (unpaired) electrons. The second kappa shape index (κ2) is 10.8. The van der Waals surface area contributed by atoms with Gasteiger partial charge in [0.15, 0.2) is 8.03 Å². The Bertz CT molecular complexity index is 549. The molecule has 8 heteroatoms. The lowest BCUT2D eigenvalue weighted by atomic mass is 10.0. The fourth-order valence-electron chi connectivity index (χ4n) is 2.04. The van der Waals surface area contributed by atoms with Gasteiger partial charge in [0.2, 0.25) is 0 Å². The highest BCUT2D eigenvalue weighted by Gasteiger charge is 2.18. The third-order valence-corrected chi connectivity index (χ3v) is 3.62. The molecule has 2 N–H and O–H groups in total. The highest BCUT2D eigenvalue weighted by Crippen LogP contribution is 2.13. The summed E-state index contributed by atoms with van der Waals surface area (Å²) >= 11 is 0. The van der Waals surface area contributed by atoms with Gasteiger partial charge >= 0.3 is 12.1 Å². The Hall–Kier alpha value is -1.85. The minimum Gasteiger partial charge on any atom is -0.463 e. The number of ether oxygens (including phenoxy) is 2. The number of hydrogen-bond donors (Lipinski definition) is 2. The molecule has 0 aliphatic carbocycles. The summed E-state index contributed by atoms with van der Waals surface area (Å²) < 4.78 is 20.7. The van der Waals surface area contributed by atoms with E-state index in [2.05, 4.69) is 5.32 Å². The van der Waals surface area contributed by atoms with E-state index in [4.69, 9.17) is 14.4 Å². The molecule has 0 saturated carbocycles. The van der Waals surface area contributed by atoms with Crippen LogP contribution < -0.4 is 5.32 Å². The summed E-state index contributed by atoms with van der Waals surface area (Å²) in [5.41, 5.74) is 0.868. The number of rotatable bonds is 9. The monoisotopic (exact) mass is 357 g/mol. The lowest BCUT2D eigenvalue weighted by Crippen LogP contribution is -2.40. The van der Waals surface area contributed by atoms with E-state index in [1.165, 1.54) is 0 Å². The predicted molar refractivity (Wildman–Crippen MR) is 90.1 cm³/mol. The molecule has 1 amide bonds. The minimum absolute atomic E-state index is 0.0629. The summed E-state index contributed by atoms with van der Waals surface area (Å²) in [6.45, 7) is 4.02. The zero-order valence-electron chi connectivity index (χ0n) is 13.9. The molecule has 0 fully saturated rings. The van der Waals surface area contributed by atoms with Crippen LogP contribution >= 0.6 is 8.03 Å². The largest absolute Gasteiger partial charge is 0.463 e. The highest BCUT2D eigenvalue weighted by molar-refractivity contribution is 7.39. The summed E-state index contributed by atoms with van der Waals surface area (Å²) in [4.78, 5) is 31.9. The molecule has 0 aliphatic heterocycles. The molecule has 24 heavy (non-hydrogen) atoms. The first-order chi connectivity index (χ1) is 11.4. The molecule has 0 spiro atoms. The molecule has 0 heterocycles. The smallest absolute Gasteiger partial charge is 0.407 e. The number of nitrogens with one attached hydrogen (secondary N) is 1. The number of esters is 1. The summed E-state index contributed by atoms with van der Waals surface area (Å²) in [6.07, 6.45) is -0.532. The van der Waals surface area contributed by atoms with E-state index in [0.717, 1.165) is 5.56 Å². The molecule has 1 rings (SSSR count). The van der Waals surface area contributed by atoms with Gasteiger partial charge in [-0.15, -0.1) is 0 Å². The van der Waals surface area contributed by atoms with Gasteiger partial charge < -0.3 is 19.7 Å². The molecule has 2 atom stereocenters. The Labute approximate surface area is 142 Å². The van der Waals surface area contributed by atoms with Gasteiger partial charge in [-0.1, -0.05) is 44.2 Å². The fourth-order valence-corrected chi connectivity index (χ4v) is 2.39. The van der Waals surface area contributed by atoms with E-state index in [-0.39, 0.29) is 19.1 Å². The van der Waals surface area contributed by atoms with Gasteiger partial charge in [-0.3, -0.25) is 9.36 Å². The van der Waals surface area contributed by atoms with E-state index in [9.17, 15) is 14.2 Å². The van der Waals surface area contributed by atoms with E-state index in [0.29, 0.717) is 6.42 Å². The SMILES string of the molecule is CC(C)CC(COC(=O)C[PH](=O)O)NC(=O)OCc1ccccc1. The van der Waals surface area contributed by atoms with Crippen molar-refractivity contribution in [1.82, 2.24) is 5.32 Å². The number of benzene rings is 1. The quantitative estimate of drug-likeness (QED) is 0.519. The number of hydrogen-bond acceptors (Lipinski definition) is 5. The van der Waals surface area contributed by atoms with Crippen LogP contribution in [0.5, 0.6) is 0 Å². The number of amides is 1. The van der Waals surface area contributed by atoms with Crippen molar-refractivity contribution in [2.75, 3.05) is 12.8 Å². The topological polar surface area (TPSA) is 102 Å². The second-order valence-corrected chi connectivity index (χ2v) is 6.93. The molecule has 1 aromatic carbocycles. The van der Waals surface area contributed by atoms with Gasteiger partial charge in [-0.05, 0) is 17.9 Å². The van der Waals surface area contributed by atoms with Crippen molar-refractivity contribution in [3.8, 4) is 0 Å². The van der Waals surface area contributed by atoms with Crippen LogP contribution in [0.25, 0.3) is 0 Å². The van der Waals surface area contributed by atoms with Gasteiger partial charge in [-0.2, -0.15) is 0 Å². The molecule has 134 valence electrons. The van der Waals surface area contributed by atoms with Crippen LogP contribution in [-0.4, -0.2) is 35.8 Å². The van der Waals surface area contributed by atoms with Gasteiger partial charge in [0, 0.05) is 0 Å². The van der Waals surface area contributed by atoms with Crippen molar-refractivity contribution in [3.63, 3.8) is 0 Å². The van der Waals surface area contributed by atoms with Crippen LogP contribution in [0.3, 0.4) is 0 Å². The molecule has 0 bridgehead atoms. The van der Waals surface area contributed by atoms with Gasteiger partial charge in [0.25, 0.3) is 0 Å². The number of carbonyl (C=O) groups is 2. The van der Waals surface area contributed by atoms with Crippen LogP contribution in [0.4, 0.5) is 4.79 Å². The lowest BCUT2D eigenvalue weighted by molar-refractivity contribution is -0.141. The zero-order chi connectivity index (χ0) is 17.9. The average molecular weight is 357 g/mol. The van der Waals surface area contributed by atoms with E-state index in [1.807, 2.05) is 44.2 Å². The van der Waals surface area contributed by atoms with E-state index < -0.39 is 32.3 Å². The Balaban J connectivity index is 2.44. The number of alkyl carbamates (subject to hydrolysis) is 1. The van der Waals surface area contributed by atoms with E-state index in [1.54, 1.807) is 0 Å². The molecule has 0 saturated heterocycles. The third kappa shape index (κ3) is 9.33. The standard InChI is InChI=1S/C16H24NO6P/c1-12(2)8-14(10-22-15(18)11-24(20)21)17-16(19)23-9-13-6-4-3-5-7-13/h3-7,12,14,24H,8-11H2,1-2H3,(H,17,19)(H,20,21). The molecule has 7 nitrogen and oxygen atoms in total. The molecule has 2 unspecified atom stereocenters. The normalized spacial score (nSPS) is 13.2. The van der Waals surface area contributed by atoms with Gasteiger partial charge in [0.05, 0.1) is 6.04 Å². The fraction of sp³-hybridized carbons (Fsp3) is 0.500. The summed E-state index contributed by atoms with van der Waals surface area (Å²) in [7, 11) is -2.90. The number of carbonyl (C=O) groups excluding carboxylic acids is 2. The molecular formula is C16H24NO6P. The van der Waals surface area contributed by atoms with Crippen LogP contribution in [-0.2, 0) is 25.4 Å². The molecule has 1 aromatic rings. The summed E-state index contributed by atoms with van der Waals surface area (Å²) in [5.74, 6) is -0.491. The highest BCUT2D eigenvalue weighted by atomic mass is 31.1. The van der Waals surface area contributed by atoms with Crippen molar-refractivity contribution < 1.29 is 28.5 Å². The van der Waals surface area contributed by atoms with Crippen LogP contribution in [0, 0.1) is 5.92 Å². The Kier molecular flexibility index (Phi) is 9.12. The van der Waals surface area contributed by atoms with Crippen molar-refractivity contribution in [1.29, 1.82) is 0 Å². The van der Waals surface area contributed by atoms with Crippen LogP contribution in [0.15, 0.2) is 30.3 Å². The summed E-state index contributed by atoms with van der Waals surface area (Å²) in [5, 5.41) is 2.66. The first-order valence-electron chi connectivity index (χ1n) is 7.71. The van der Waals surface area contributed by atoms with Crippen LogP contribution in [0.2, 0.25) is 0 Å². The van der Waals surface area contributed by atoms with Crippen molar-refractivity contribution in [2.45, 2.75) is 32.9 Å². The maximum atomic E-state index is 11.9. The first-order valence-corrected chi connectivity index (χ1v) is 9.27. The zero-order valence-corrected chi connectivity index (χ0v) is 14.9. The first kappa shape index (κ1) is 20.2. The van der Waals surface area contributed by atoms with Gasteiger partial charge in [0.1, 0.15) is 19.4 Å². The van der Waals surface area contributed by atoms with Crippen LogP contribution in [0.1, 0.15) is 25.8 Å². The van der Waals surface area contributed by atoms with Crippen molar-refractivity contribution in [3.05, 3.63) is 35.9 Å². The van der Waals surface area contributed by atoms with Crippen molar-refractivity contribution >= 4 is 20.1 Å². The third-order valence-electron chi connectivity index (χ3n) is 3.03. The predicted octanol–water partition coefficient (Wildman–Crippen LogP) is 2.34. The lowest BCUT2D eigenvalue weighted by Gasteiger charge is -2.20. The summed E-state index contributed by atoms with van der Waals surface area (Å²) in [6, 6.07) is 8.85. The Morgan fingerprint density at radius 1 is 1.21 bits per heavy atom. The maximum Gasteiger partial charge on any atom is 0.407 e. The minimum atomic E-state index is -2.90.